The van der Waals surface area contributed by atoms with Crippen LogP contribution in [-0.4, -0.2) is 42.0 Å². The zero-order valence-electron chi connectivity index (χ0n) is 14.8. The lowest BCUT2D eigenvalue weighted by Gasteiger charge is -2.42. The third-order valence-corrected chi connectivity index (χ3v) is 5.39. The summed E-state index contributed by atoms with van der Waals surface area (Å²) in [5, 5.41) is 3.26. The van der Waals surface area contributed by atoms with Crippen LogP contribution in [0.4, 0.5) is 0 Å². The Hall–Kier alpha value is -0.610. The maximum atomic E-state index is 11.8. The molecule has 0 aromatic carbocycles. The number of nitrogens with one attached hydrogen (secondary N) is 1. The van der Waals surface area contributed by atoms with Crippen molar-refractivity contribution in [2.75, 3.05) is 13.6 Å². The van der Waals surface area contributed by atoms with Crippen LogP contribution >= 0.6 is 0 Å². The van der Waals surface area contributed by atoms with E-state index in [1.807, 2.05) is 13.8 Å². The topological polar surface area (TPSA) is 58.4 Å². The van der Waals surface area contributed by atoms with Gasteiger partial charge in [-0.1, -0.05) is 20.8 Å². The van der Waals surface area contributed by atoms with Crippen molar-refractivity contribution in [3.05, 3.63) is 0 Å². The fourth-order valence-corrected chi connectivity index (χ4v) is 3.54. The van der Waals surface area contributed by atoms with E-state index in [4.69, 9.17) is 5.73 Å². The Morgan fingerprint density at radius 3 is 2.38 bits per heavy atom. The summed E-state index contributed by atoms with van der Waals surface area (Å²) in [7, 11) is 2.20. The second-order valence-electron chi connectivity index (χ2n) is 7.84. The second kappa shape index (κ2) is 7.10. The van der Waals surface area contributed by atoms with Crippen molar-refractivity contribution in [3.8, 4) is 0 Å². The van der Waals surface area contributed by atoms with Crippen molar-refractivity contribution >= 4 is 5.91 Å². The molecule has 1 rings (SSSR count). The first-order valence-corrected chi connectivity index (χ1v) is 8.38. The zero-order chi connectivity index (χ0) is 16.3. The number of nitrogens with two attached hydrogens (primary N) is 1. The number of hydrogen-bond donors (Lipinski definition) is 2. The SMILES string of the molecule is CCNC(C)(CC(C)N(C)C1CCC(C)(C)CC1)C(N)=O. The van der Waals surface area contributed by atoms with Crippen LogP contribution < -0.4 is 11.1 Å². The van der Waals surface area contributed by atoms with Gasteiger partial charge in [-0.15, -0.1) is 0 Å². The second-order valence-corrected chi connectivity index (χ2v) is 7.84. The minimum absolute atomic E-state index is 0.255. The van der Waals surface area contributed by atoms with Gasteiger partial charge in [0.2, 0.25) is 5.91 Å². The predicted molar refractivity (Wildman–Crippen MR) is 89.2 cm³/mol. The van der Waals surface area contributed by atoms with Crippen LogP contribution in [0.15, 0.2) is 0 Å². The number of primary amides is 1. The third-order valence-electron chi connectivity index (χ3n) is 5.39. The molecule has 4 heteroatoms. The molecule has 1 aliphatic rings. The van der Waals surface area contributed by atoms with Crippen LogP contribution in [0.5, 0.6) is 0 Å². The molecule has 1 fully saturated rings. The van der Waals surface area contributed by atoms with Crippen LogP contribution in [0.3, 0.4) is 0 Å². The quantitative estimate of drug-likeness (QED) is 0.759. The van der Waals surface area contributed by atoms with E-state index in [9.17, 15) is 4.79 Å². The summed E-state index contributed by atoms with van der Waals surface area (Å²) in [4.78, 5) is 14.2. The van der Waals surface area contributed by atoms with Gasteiger partial charge in [-0.25, -0.2) is 0 Å². The number of nitrogens with zero attached hydrogens (tertiary/aromatic N) is 1. The first-order valence-electron chi connectivity index (χ1n) is 8.38. The Labute approximate surface area is 130 Å². The molecule has 1 saturated carbocycles. The summed E-state index contributed by atoms with van der Waals surface area (Å²) >= 11 is 0. The first-order chi connectivity index (χ1) is 9.61. The van der Waals surface area contributed by atoms with Crippen molar-refractivity contribution < 1.29 is 4.79 Å². The van der Waals surface area contributed by atoms with Gasteiger partial charge in [0.25, 0.3) is 0 Å². The van der Waals surface area contributed by atoms with Gasteiger partial charge in [-0.05, 0) is 65.0 Å². The van der Waals surface area contributed by atoms with E-state index in [2.05, 4.69) is 38.0 Å². The fraction of sp³-hybridized carbons (Fsp3) is 0.941. The maximum absolute atomic E-state index is 11.8. The summed E-state index contributed by atoms with van der Waals surface area (Å²) in [6, 6.07) is 0.972. The van der Waals surface area contributed by atoms with Crippen LogP contribution in [0.25, 0.3) is 0 Å². The summed E-state index contributed by atoms with van der Waals surface area (Å²) < 4.78 is 0. The van der Waals surface area contributed by atoms with E-state index in [1.54, 1.807) is 0 Å². The molecule has 1 amide bonds. The molecule has 0 aromatic rings. The van der Waals surface area contributed by atoms with Gasteiger partial charge in [0, 0.05) is 12.1 Å². The number of carbonyl (C=O) groups is 1. The Kier molecular flexibility index (Phi) is 6.23. The Bertz CT molecular complexity index is 346. The molecule has 2 atom stereocenters. The molecule has 1 aliphatic carbocycles. The highest BCUT2D eigenvalue weighted by molar-refractivity contribution is 5.84. The average molecular weight is 297 g/mol. The number of rotatable bonds is 7. The van der Waals surface area contributed by atoms with E-state index in [-0.39, 0.29) is 5.91 Å². The zero-order valence-corrected chi connectivity index (χ0v) is 14.8. The largest absolute Gasteiger partial charge is 0.368 e. The third kappa shape index (κ3) is 4.96. The molecule has 0 aliphatic heterocycles. The smallest absolute Gasteiger partial charge is 0.237 e. The minimum Gasteiger partial charge on any atom is -0.368 e. The molecule has 3 N–H and O–H groups in total. The molecule has 124 valence electrons. The monoisotopic (exact) mass is 297 g/mol. The molecule has 2 unspecified atom stereocenters. The van der Waals surface area contributed by atoms with Gasteiger partial charge in [0.1, 0.15) is 0 Å². The Morgan fingerprint density at radius 2 is 1.95 bits per heavy atom. The summed E-state index contributed by atoms with van der Waals surface area (Å²) in [5.41, 5.74) is 5.48. The van der Waals surface area contributed by atoms with E-state index in [0.717, 1.165) is 13.0 Å². The van der Waals surface area contributed by atoms with E-state index in [1.165, 1.54) is 25.7 Å². The number of likely N-dealkylation sites (N-methyl/N-ethyl adjacent to an activating group) is 1. The average Bonchev–Trinajstić information content (AvgIpc) is 2.37. The fourth-order valence-electron chi connectivity index (χ4n) is 3.54. The van der Waals surface area contributed by atoms with Crippen molar-refractivity contribution in [1.82, 2.24) is 10.2 Å². The normalized spacial score (nSPS) is 23.8. The van der Waals surface area contributed by atoms with E-state index in [0.29, 0.717) is 17.5 Å². The highest BCUT2D eigenvalue weighted by Crippen LogP contribution is 2.37. The molecule has 0 aromatic heterocycles. The standard InChI is InChI=1S/C17H35N3O/c1-7-19-17(5,15(18)21)12-13(2)20(6)14-8-10-16(3,4)11-9-14/h13-14,19H,7-12H2,1-6H3,(H2,18,21). The minimum atomic E-state index is -0.615. The molecule has 0 bridgehead atoms. The van der Waals surface area contributed by atoms with Gasteiger partial charge in [0.05, 0.1) is 5.54 Å². The van der Waals surface area contributed by atoms with Gasteiger partial charge >= 0.3 is 0 Å². The molecular formula is C17H35N3O. The van der Waals surface area contributed by atoms with Crippen molar-refractivity contribution in [2.24, 2.45) is 11.1 Å². The van der Waals surface area contributed by atoms with Gasteiger partial charge in [-0.2, -0.15) is 0 Å². The van der Waals surface area contributed by atoms with Crippen molar-refractivity contribution in [2.45, 2.75) is 84.3 Å². The summed E-state index contributed by atoms with van der Waals surface area (Å²) in [6.07, 6.45) is 5.83. The van der Waals surface area contributed by atoms with Crippen LogP contribution in [-0.2, 0) is 4.79 Å². The van der Waals surface area contributed by atoms with Gasteiger partial charge in [-0.3, -0.25) is 4.79 Å². The maximum Gasteiger partial charge on any atom is 0.237 e. The van der Waals surface area contributed by atoms with Crippen molar-refractivity contribution in [1.29, 1.82) is 0 Å². The molecule has 21 heavy (non-hydrogen) atoms. The Morgan fingerprint density at radius 1 is 1.43 bits per heavy atom. The molecule has 0 saturated heterocycles. The van der Waals surface area contributed by atoms with Crippen LogP contribution in [0, 0.1) is 5.41 Å². The predicted octanol–water partition coefficient (Wildman–Crippen LogP) is 2.52. The van der Waals surface area contributed by atoms with Gasteiger partial charge in [0.15, 0.2) is 0 Å². The molecule has 0 heterocycles. The molecule has 0 spiro atoms. The lowest BCUT2D eigenvalue weighted by atomic mass is 9.75. The van der Waals surface area contributed by atoms with Crippen LogP contribution in [0.2, 0.25) is 0 Å². The van der Waals surface area contributed by atoms with Gasteiger partial charge < -0.3 is 16.0 Å². The molecule has 0 radical (unpaired) electrons. The summed E-state index contributed by atoms with van der Waals surface area (Å²) in [6.45, 7) is 11.6. The van der Waals surface area contributed by atoms with Crippen LogP contribution in [0.1, 0.15) is 66.7 Å². The summed E-state index contributed by atoms with van der Waals surface area (Å²) in [5.74, 6) is -0.255. The number of hydrogen-bond acceptors (Lipinski definition) is 3. The number of carbonyl (C=O) groups excluding carboxylic acids is 1. The van der Waals surface area contributed by atoms with E-state index >= 15 is 0 Å². The van der Waals surface area contributed by atoms with E-state index < -0.39 is 5.54 Å². The molecule has 4 nitrogen and oxygen atoms in total. The highest BCUT2D eigenvalue weighted by atomic mass is 16.1. The molecular weight excluding hydrogens is 262 g/mol. The highest BCUT2D eigenvalue weighted by Gasteiger charge is 2.35. The number of amides is 1. The van der Waals surface area contributed by atoms with Crippen molar-refractivity contribution in [3.63, 3.8) is 0 Å². The first kappa shape index (κ1) is 18.4. The lowest BCUT2D eigenvalue weighted by Crippen LogP contribution is -2.56. The Balaban J connectivity index is 2.61. The lowest BCUT2D eigenvalue weighted by molar-refractivity contribution is -0.124.